The van der Waals surface area contributed by atoms with Gasteiger partial charge >= 0.3 is 6.09 Å². The van der Waals surface area contributed by atoms with Crippen LogP contribution in [-0.2, 0) is 37.8 Å². The van der Waals surface area contributed by atoms with Crippen LogP contribution in [0.2, 0.25) is 0 Å². The predicted octanol–water partition coefficient (Wildman–Crippen LogP) is 7.14. The molecule has 0 saturated heterocycles. The number of rotatable bonds is 16. The maximum absolute atomic E-state index is 13.0. The molecule has 3 aromatic rings. The molecule has 10 heteroatoms. The van der Waals surface area contributed by atoms with Gasteiger partial charge in [0.15, 0.2) is 0 Å². The zero-order valence-corrected chi connectivity index (χ0v) is 27.7. The molecule has 0 aliphatic carbocycles. The number of ether oxygens (including phenoxy) is 3. The van der Waals surface area contributed by atoms with Crippen molar-refractivity contribution in [1.29, 1.82) is 0 Å². The van der Waals surface area contributed by atoms with Crippen molar-refractivity contribution in [2.75, 3.05) is 20.8 Å². The average Bonchev–Trinajstić information content (AvgIpc) is 3.02. The number of thioether (sulfide) groups is 1. The van der Waals surface area contributed by atoms with E-state index >= 15 is 0 Å². The zero-order valence-electron chi connectivity index (χ0n) is 26.0. The lowest BCUT2D eigenvalue weighted by atomic mass is 9.99. The van der Waals surface area contributed by atoms with E-state index < -0.39 is 22.3 Å². The minimum atomic E-state index is -4.00. The van der Waals surface area contributed by atoms with Gasteiger partial charge in [-0.25, -0.2) is 4.79 Å². The van der Waals surface area contributed by atoms with Gasteiger partial charge in [0.25, 0.3) is 10.1 Å². The molecule has 0 heterocycles. The van der Waals surface area contributed by atoms with Gasteiger partial charge in [-0.1, -0.05) is 81.4 Å². The maximum atomic E-state index is 13.0. The first kappa shape index (κ1) is 35.0. The molecule has 2 unspecified atom stereocenters. The second kappa shape index (κ2) is 17.1. The first-order valence-corrected chi connectivity index (χ1v) is 16.9. The highest BCUT2D eigenvalue weighted by Gasteiger charge is 2.25. The Hall–Kier alpha value is -3.47. The number of para-hydroxylation sites is 1. The van der Waals surface area contributed by atoms with Gasteiger partial charge in [0, 0.05) is 11.0 Å². The molecular weight excluding hydrogens is 599 g/mol. The Labute approximate surface area is 266 Å². The molecule has 0 aromatic heterocycles. The number of hydrogen-bond donors (Lipinski definition) is 1. The number of carbonyl (C=O) groups is 1. The van der Waals surface area contributed by atoms with E-state index in [0.717, 1.165) is 33.6 Å². The highest BCUT2D eigenvalue weighted by atomic mass is 32.2. The van der Waals surface area contributed by atoms with E-state index in [-0.39, 0.29) is 23.9 Å². The molecule has 0 aliphatic rings. The normalized spacial score (nSPS) is 13.3. The number of carbonyl (C=O) groups excluding carboxylic acids is 1. The standard InChI is InChI=1S/C34H43NO7S2/c1-34(2,3)25-42-44(37,38)22-21-30(35-33(36)41-23-26-11-7-6-8-12-26)32(20-17-28-13-9-10-14-31(28)40-5)43-24-27-15-18-29(39-4)19-16-27/h6-16,18-19,21-22,30,32H,17,20,23-25H2,1-5H3,(H,35,36)/b22-21+. The van der Waals surface area contributed by atoms with Crippen LogP contribution in [0.15, 0.2) is 90.3 Å². The van der Waals surface area contributed by atoms with Crippen molar-refractivity contribution < 1.29 is 31.6 Å². The van der Waals surface area contributed by atoms with Crippen LogP contribution in [0.1, 0.15) is 43.9 Å². The molecule has 0 aliphatic heterocycles. The molecule has 3 rings (SSSR count). The summed E-state index contributed by atoms with van der Waals surface area (Å²) in [5, 5.41) is 3.71. The number of amides is 1. The lowest BCUT2D eigenvalue weighted by Crippen LogP contribution is -2.41. The van der Waals surface area contributed by atoms with Crippen LogP contribution < -0.4 is 14.8 Å². The Morgan fingerprint density at radius 1 is 0.909 bits per heavy atom. The van der Waals surface area contributed by atoms with Crippen LogP contribution in [0.4, 0.5) is 4.79 Å². The van der Waals surface area contributed by atoms with E-state index in [1.54, 1.807) is 26.0 Å². The summed E-state index contributed by atoms with van der Waals surface area (Å²) in [6.45, 7) is 5.79. The van der Waals surface area contributed by atoms with Gasteiger partial charge in [-0.15, -0.1) is 0 Å². The summed E-state index contributed by atoms with van der Waals surface area (Å²) >= 11 is 1.61. The summed E-state index contributed by atoms with van der Waals surface area (Å²) in [6.07, 6.45) is 2.08. The highest BCUT2D eigenvalue weighted by Crippen LogP contribution is 2.29. The van der Waals surface area contributed by atoms with Crippen molar-refractivity contribution >= 4 is 28.0 Å². The quantitative estimate of drug-likeness (QED) is 0.165. The van der Waals surface area contributed by atoms with Crippen LogP contribution in [0, 0.1) is 5.41 Å². The van der Waals surface area contributed by atoms with Crippen molar-refractivity contribution in [3.05, 3.63) is 107 Å². The molecule has 0 bridgehead atoms. The summed E-state index contributed by atoms with van der Waals surface area (Å²) in [6, 6.07) is 24.2. The van der Waals surface area contributed by atoms with E-state index in [9.17, 15) is 13.2 Å². The summed E-state index contributed by atoms with van der Waals surface area (Å²) < 4.78 is 47.2. The van der Waals surface area contributed by atoms with Crippen LogP contribution in [0.25, 0.3) is 0 Å². The molecule has 238 valence electrons. The molecule has 44 heavy (non-hydrogen) atoms. The van der Waals surface area contributed by atoms with Gasteiger partial charge in [-0.2, -0.15) is 20.2 Å². The lowest BCUT2D eigenvalue weighted by molar-refractivity contribution is 0.137. The van der Waals surface area contributed by atoms with Crippen molar-refractivity contribution in [2.24, 2.45) is 5.41 Å². The molecule has 2 atom stereocenters. The van der Waals surface area contributed by atoms with E-state index in [1.807, 2.05) is 99.6 Å². The van der Waals surface area contributed by atoms with Crippen molar-refractivity contribution in [2.45, 2.75) is 57.3 Å². The molecular formula is C34H43NO7S2. The van der Waals surface area contributed by atoms with E-state index in [1.165, 1.54) is 6.08 Å². The second-order valence-corrected chi connectivity index (χ2v) is 14.1. The molecule has 1 N–H and O–H groups in total. The SMILES string of the molecule is COc1ccc(CSC(CCc2ccccc2OC)C(/C=C/S(=O)(=O)OCC(C)(C)C)NC(=O)OCc2ccccc2)cc1. The summed E-state index contributed by atoms with van der Waals surface area (Å²) in [4.78, 5) is 13.0. The Kier molecular flexibility index (Phi) is 13.6. The monoisotopic (exact) mass is 641 g/mol. The molecule has 0 spiro atoms. The van der Waals surface area contributed by atoms with Crippen LogP contribution >= 0.6 is 11.8 Å². The Bertz CT molecular complexity index is 1440. The third kappa shape index (κ3) is 12.6. The number of benzene rings is 3. The molecule has 0 fully saturated rings. The van der Waals surface area contributed by atoms with Crippen LogP contribution in [-0.4, -0.2) is 46.6 Å². The van der Waals surface area contributed by atoms with Crippen molar-refractivity contribution in [3.63, 3.8) is 0 Å². The van der Waals surface area contributed by atoms with Crippen LogP contribution in [0.3, 0.4) is 0 Å². The highest BCUT2D eigenvalue weighted by molar-refractivity contribution is 7.99. The molecule has 8 nitrogen and oxygen atoms in total. The third-order valence-electron chi connectivity index (χ3n) is 6.52. The summed E-state index contributed by atoms with van der Waals surface area (Å²) in [7, 11) is -0.749. The smallest absolute Gasteiger partial charge is 0.407 e. The fraction of sp³-hybridized carbons (Fsp3) is 0.382. The maximum Gasteiger partial charge on any atom is 0.407 e. The first-order chi connectivity index (χ1) is 21.0. The number of aryl methyl sites for hydroxylation is 1. The lowest BCUT2D eigenvalue weighted by Gasteiger charge is -2.26. The first-order valence-electron chi connectivity index (χ1n) is 14.4. The molecule has 0 radical (unpaired) electrons. The zero-order chi connectivity index (χ0) is 32.0. The number of methoxy groups -OCH3 is 2. The largest absolute Gasteiger partial charge is 0.497 e. The summed E-state index contributed by atoms with van der Waals surface area (Å²) in [5.74, 6) is 2.15. The van der Waals surface area contributed by atoms with Gasteiger partial charge in [0.1, 0.15) is 18.1 Å². The number of nitrogens with one attached hydrogen (secondary N) is 1. The van der Waals surface area contributed by atoms with Gasteiger partial charge in [0.05, 0.1) is 32.3 Å². The van der Waals surface area contributed by atoms with E-state index in [4.69, 9.17) is 18.4 Å². The van der Waals surface area contributed by atoms with Gasteiger partial charge in [-0.05, 0) is 59.2 Å². The fourth-order valence-electron chi connectivity index (χ4n) is 4.14. The van der Waals surface area contributed by atoms with Crippen LogP contribution in [0.5, 0.6) is 11.5 Å². The minimum absolute atomic E-state index is 0.0281. The minimum Gasteiger partial charge on any atom is -0.497 e. The number of alkyl carbamates (subject to hydrolysis) is 1. The fourth-order valence-corrected chi connectivity index (χ4v) is 6.35. The van der Waals surface area contributed by atoms with Crippen molar-refractivity contribution in [3.8, 4) is 11.5 Å². The Morgan fingerprint density at radius 2 is 1.59 bits per heavy atom. The third-order valence-corrected chi connectivity index (χ3v) is 8.91. The second-order valence-electron chi connectivity index (χ2n) is 11.4. The van der Waals surface area contributed by atoms with Gasteiger partial charge in [0.2, 0.25) is 0 Å². The average molecular weight is 642 g/mol. The summed E-state index contributed by atoms with van der Waals surface area (Å²) in [5.41, 5.74) is 2.58. The molecule has 1 amide bonds. The van der Waals surface area contributed by atoms with E-state index in [2.05, 4.69) is 5.32 Å². The van der Waals surface area contributed by atoms with Crippen molar-refractivity contribution in [1.82, 2.24) is 5.32 Å². The Balaban J connectivity index is 1.87. The molecule has 3 aromatic carbocycles. The predicted molar refractivity (Wildman–Crippen MR) is 176 cm³/mol. The van der Waals surface area contributed by atoms with Gasteiger partial charge < -0.3 is 19.5 Å². The van der Waals surface area contributed by atoms with Gasteiger partial charge in [-0.3, -0.25) is 4.18 Å². The van der Waals surface area contributed by atoms with E-state index in [0.29, 0.717) is 18.6 Å². The molecule has 0 saturated carbocycles. The number of hydrogen-bond acceptors (Lipinski definition) is 8. The topological polar surface area (TPSA) is 100 Å². The Morgan fingerprint density at radius 3 is 2.25 bits per heavy atom.